The van der Waals surface area contributed by atoms with Crippen LogP contribution in [0.15, 0.2) is 65.7 Å². The van der Waals surface area contributed by atoms with E-state index in [2.05, 4.69) is 10.4 Å². The lowest BCUT2D eigenvalue weighted by molar-refractivity contribution is -0.116. The van der Waals surface area contributed by atoms with Gasteiger partial charge in [0, 0.05) is 35.3 Å². The van der Waals surface area contributed by atoms with Gasteiger partial charge in [0.25, 0.3) is 5.56 Å². The van der Waals surface area contributed by atoms with Crippen LogP contribution in [0, 0.1) is 5.82 Å². The van der Waals surface area contributed by atoms with Crippen LogP contribution in [0.5, 0.6) is 5.75 Å². The minimum absolute atomic E-state index is 0.151. The fourth-order valence-electron chi connectivity index (χ4n) is 3.32. The fourth-order valence-corrected chi connectivity index (χ4v) is 3.32. The molecule has 0 spiro atoms. The van der Waals surface area contributed by atoms with Crippen LogP contribution in [0.2, 0.25) is 0 Å². The number of hydrogen-bond donors (Lipinski definition) is 2. The number of aromatic nitrogens is 3. The average Bonchev–Trinajstić information content (AvgIpc) is 3.15. The van der Waals surface area contributed by atoms with E-state index in [1.165, 1.54) is 52.9 Å². The molecule has 0 aliphatic rings. The Hall–Kier alpha value is -3.98. The first-order valence-electron chi connectivity index (χ1n) is 9.41. The maximum atomic E-state index is 13.3. The summed E-state index contributed by atoms with van der Waals surface area (Å²) in [4.78, 5) is 25.5. The number of aliphatic hydroxyl groups is 1. The van der Waals surface area contributed by atoms with Crippen LogP contribution >= 0.6 is 0 Å². The molecule has 31 heavy (non-hydrogen) atoms. The van der Waals surface area contributed by atoms with Crippen molar-refractivity contribution in [2.24, 2.45) is 0 Å². The predicted molar refractivity (Wildman–Crippen MR) is 112 cm³/mol. The minimum atomic E-state index is -0.479. The second-order valence-electron chi connectivity index (χ2n) is 6.80. The summed E-state index contributed by atoms with van der Waals surface area (Å²) in [5.74, 6) is -0.206. The molecule has 0 radical (unpaired) electrons. The quantitative estimate of drug-likeness (QED) is 0.497. The van der Waals surface area contributed by atoms with Gasteiger partial charge in [-0.05, 0) is 36.4 Å². The third-order valence-corrected chi connectivity index (χ3v) is 4.80. The summed E-state index contributed by atoms with van der Waals surface area (Å²) >= 11 is 0. The summed E-state index contributed by atoms with van der Waals surface area (Å²) in [6.45, 7) is -0.667. The van der Waals surface area contributed by atoms with Gasteiger partial charge < -0.3 is 19.7 Å². The largest absolute Gasteiger partial charge is 0.497 e. The van der Waals surface area contributed by atoms with E-state index < -0.39 is 23.9 Å². The van der Waals surface area contributed by atoms with Gasteiger partial charge in [-0.15, -0.1) is 0 Å². The highest BCUT2D eigenvalue weighted by molar-refractivity contribution is 5.90. The Labute approximate surface area is 176 Å². The highest BCUT2D eigenvalue weighted by atomic mass is 19.1. The predicted octanol–water partition coefficient (Wildman–Crippen LogP) is 2.44. The smallest absolute Gasteiger partial charge is 0.277 e. The van der Waals surface area contributed by atoms with Crippen LogP contribution in [0.4, 0.5) is 10.1 Å². The number of rotatable bonds is 6. The highest BCUT2D eigenvalue weighted by Gasteiger charge is 2.18. The van der Waals surface area contributed by atoms with Crippen molar-refractivity contribution in [2.75, 3.05) is 12.4 Å². The van der Waals surface area contributed by atoms with Gasteiger partial charge in [0.05, 0.1) is 19.4 Å². The van der Waals surface area contributed by atoms with Crippen LogP contribution in [0.25, 0.3) is 16.8 Å². The topological polar surface area (TPSA) is 97.9 Å². The Bertz CT molecular complexity index is 1310. The number of amides is 1. The normalized spacial score (nSPS) is 10.9. The van der Waals surface area contributed by atoms with E-state index in [0.717, 1.165) is 0 Å². The van der Waals surface area contributed by atoms with Crippen molar-refractivity contribution < 1.29 is 19.0 Å². The van der Waals surface area contributed by atoms with E-state index in [-0.39, 0.29) is 12.1 Å². The van der Waals surface area contributed by atoms with Crippen molar-refractivity contribution in [2.45, 2.75) is 13.2 Å². The zero-order valence-corrected chi connectivity index (χ0v) is 16.6. The Morgan fingerprint density at radius 3 is 2.68 bits per heavy atom. The Morgan fingerprint density at radius 1 is 1.19 bits per heavy atom. The Balaban J connectivity index is 1.66. The molecule has 0 saturated carbocycles. The molecule has 8 nitrogen and oxygen atoms in total. The van der Waals surface area contributed by atoms with Crippen LogP contribution < -0.4 is 15.6 Å². The highest BCUT2D eigenvalue weighted by Crippen LogP contribution is 2.25. The van der Waals surface area contributed by atoms with Gasteiger partial charge in [-0.1, -0.05) is 6.07 Å². The van der Waals surface area contributed by atoms with Crippen molar-refractivity contribution in [3.63, 3.8) is 0 Å². The van der Waals surface area contributed by atoms with Crippen molar-refractivity contribution in [1.82, 2.24) is 14.2 Å². The van der Waals surface area contributed by atoms with Gasteiger partial charge in [-0.3, -0.25) is 9.59 Å². The van der Waals surface area contributed by atoms with Gasteiger partial charge in [-0.2, -0.15) is 5.10 Å². The van der Waals surface area contributed by atoms with Crippen molar-refractivity contribution in [3.05, 3.63) is 82.7 Å². The molecule has 4 aromatic rings. The van der Waals surface area contributed by atoms with Crippen LogP contribution in [-0.2, 0) is 17.9 Å². The van der Waals surface area contributed by atoms with E-state index in [1.54, 1.807) is 24.3 Å². The number of methoxy groups -OCH3 is 1. The molecule has 2 N–H and O–H groups in total. The molecular formula is C22H19FN4O4. The number of carbonyl (C=O) groups excluding carboxylic acids is 1. The second kappa shape index (κ2) is 8.41. The number of hydrogen-bond acceptors (Lipinski definition) is 5. The van der Waals surface area contributed by atoms with Gasteiger partial charge in [0.2, 0.25) is 5.91 Å². The summed E-state index contributed by atoms with van der Waals surface area (Å²) in [6.07, 6.45) is 2.98. The molecule has 4 rings (SSSR count). The first kappa shape index (κ1) is 20.3. The maximum Gasteiger partial charge on any atom is 0.277 e. The summed E-state index contributed by atoms with van der Waals surface area (Å²) in [5.41, 5.74) is 1.46. The number of halogens is 1. The minimum Gasteiger partial charge on any atom is -0.497 e. The third kappa shape index (κ3) is 4.03. The maximum absolute atomic E-state index is 13.3. The van der Waals surface area contributed by atoms with Crippen LogP contribution in [-0.4, -0.2) is 32.3 Å². The third-order valence-electron chi connectivity index (χ3n) is 4.80. The van der Waals surface area contributed by atoms with E-state index in [9.17, 15) is 19.1 Å². The van der Waals surface area contributed by atoms with Crippen LogP contribution in [0.3, 0.4) is 0 Å². The van der Waals surface area contributed by atoms with Gasteiger partial charge in [-0.25, -0.2) is 8.91 Å². The molecule has 0 aliphatic carbocycles. The molecule has 2 aromatic heterocycles. The lowest BCUT2D eigenvalue weighted by Gasteiger charge is -2.09. The lowest BCUT2D eigenvalue weighted by atomic mass is 10.1. The Kier molecular flexibility index (Phi) is 5.50. The second-order valence-corrected chi connectivity index (χ2v) is 6.80. The van der Waals surface area contributed by atoms with Crippen molar-refractivity contribution in [3.8, 4) is 17.0 Å². The van der Waals surface area contributed by atoms with Gasteiger partial charge in [0.15, 0.2) is 0 Å². The first-order chi connectivity index (χ1) is 15.0. The van der Waals surface area contributed by atoms with E-state index in [0.29, 0.717) is 28.3 Å². The number of aliphatic hydroxyl groups excluding tert-OH is 1. The monoisotopic (exact) mass is 422 g/mol. The van der Waals surface area contributed by atoms with Gasteiger partial charge in [0.1, 0.15) is 23.6 Å². The van der Waals surface area contributed by atoms with Gasteiger partial charge >= 0.3 is 0 Å². The SMILES string of the molecule is COc1cccc(NC(=O)Cn2ccn3nc(-c4ccc(F)cc4)c(CO)c3c2=O)c1. The average molecular weight is 422 g/mol. The zero-order valence-electron chi connectivity index (χ0n) is 16.6. The number of fused-ring (bicyclic) bond motifs is 1. The number of nitrogens with one attached hydrogen (secondary N) is 1. The molecule has 2 aromatic carbocycles. The number of anilines is 1. The molecule has 2 heterocycles. The molecule has 158 valence electrons. The molecule has 9 heteroatoms. The molecule has 0 unspecified atom stereocenters. The lowest BCUT2D eigenvalue weighted by Crippen LogP contribution is -2.28. The molecular weight excluding hydrogens is 403 g/mol. The molecule has 0 atom stereocenters. The summed E-state index contributed by atoms with van der Waals surface area (Å²) in [5, 5.41) is 17.0. The molecule has 0 saturated heterocycles. The van der Waals surface area contributed by atoms with E-state index in [1.807, 2.05) is 0 Å². The van der Waals surface area contributed by atoms with Crippen molar-refractivity contribution >= 4 is 17.1 Å². The number of nitrogens with zero attached hydrogens (tertiary/aromatic N) is 3. The molecule has 0 fully saturated rings. The Morgan fingerprint density at radius 2 is 1.97 bits per heavy atom. The summed E-state index contributed by atoms with van der Waals surface area (Å²) in [6, 6.07) is 12.5. The van der Waals surface area contributed by atoms with E-state index >= 15 is 0 Å². The van der Waals surface area contributed by atoms with Crippen LogP contribution in [0.1, 0.15) is 5.56 Å². The van der Waals surface area contributed by atoms with Crippen molar-refractivity contribution in [1.29, 1.82) is 0 Å². The standard InChI is InChI=1S/C22H19FN4O4/c1-31-17-4-2-3-16(11-17)24-19(29)12-26-9-10-27-21(22(26)30)18(13-28)20(25-27)14-5-7-15(23)8-6-14/h2-11,28H,12-13H2,1H3,(H,24,29). The zero-order chi connectivity index (χ0) is 22.0. The molecule has 0 bridgehead atoms. The number of benzene rings is 2. The first-order valence-corrected chi connectivity index (χ1v) is 9.41. The fraction of sp³-hybridized carbons (Fsp3) is 0.136. The summed E-state index contributed by atoms with van der Waals surface area (Å²) < 4.78 is 21.0. The van der Waals surface area contributed by atoms with E-state index in [4.69, 9.17) is 4.74 Å². The molecule has 1 amide bonds. The summed E-state index contributed by atoms with van der Waals surface area (Å²) in [7, 11) is 1.53. The molecule has 0 aliphatic heterocycles. The number of ether oxygens (including phenoxy) is 1. The number of carbonyl (C=O) groups is 1.